The average Bonchev–Trinajstić information content (AvgIpc) is 2.98. The van der Waals surface area contributed by atoms with Gasteiger partial charge in [-0.2, -0.15) is 0 Å². The van der Waals surface area contributed by atoms with Crippen LogP contribution < -0.4 is 11.1 Å². The Bertz CT molecular complexity index is 423. The molecule has 1 aliphatic heterocycles. The molecular weight excluding hydrogens is 200 g/mol. The summed E-state index contributed by atoms with van der Waals surface area (Å²) in [6, 6.07) is 0.345. The maximum atomic E-state index is 6.01. The van der Waals surface area contributed by atoms with Crippen LogP contribution in [0.2, 0.25) is 0 Å². The van der Waals surface area contributed by atoms with Gasteiger partial charge in [0.05, 0.1) is 11.7 Å². The van der Waals surface area contributed by atoms with E-state index in [0.717, 1.165) is 23.6 Å². The van der Waals surface area contributed by atoms with Gasteiger partial charge in [0, 0.05) is 18.0 Å². The molecule has 16 heavy (non-hydrogen) atoms. The van der Waals surface area contributed by atoms with E-state index in [-0.39, 0.29) is 0 Å². The van der Waals surface area contributed by atoms with E-state index in [0.29, 0.717) is 23.7 Å². The van der Waals surface area contributed by atoms with Gasteiger partial charge in [0.2, 0.25) is 0 Å². The fourth-order valence-corrected chi connectivity index (χ4v) is 2.36. The summed E-state index contributed by atoms with van der Waals surface area (Å²) in [4.78, 5) is 9.15. The van der Waals surface area contributed by atoms with Crippen LogP contribution in [0.25, 0.3) is 0 Å². The van der Waals surface area contributed by atoms with E-state index >= 15 is 0 Å². The molecule has 1 aliphatic carbocycles. The second-order valence-electron chi connectivity index (χ2n) is 5.21. The molecule has 1 unspecified atom stereocenters. The van der Waals surface area contributed by atoms with Crippen molar-refractivity contribution in [1.29, 1.82) is 0 Å². The first kappa shape index (κ1) is 10.0. The predicted octanol–water partition coefficient (Wildman–Crippen LogP) is 1.74. The smallest absolute Gasteiger partial charge is 0.134 e. The molecule has 1 aromatic rings. The van der Waals surface area contributed by atoms with E-state index in [1.165, 1.54) is 12.8 Å². The molecule has 0 saturated heterocycles. The lowest BCUT2D eigenvalue weighted by Gasteiger charge is -2.15. The number of hydrogen-bond donors (Lipinski definition) is 2. The summed E-state index contributed by atoms with van der Waals surface area (Å²) in [5, 5.41) is 3.47. The van der Waals surface area contributed by atoms with Gasteiger partial charge in [0.1, 0.15) is 11.6 Å². The lowest BCUT2D eigenvalue weighted by Crippen LogP contribution is -2.18. The number of fused-ring (bicyclic) bond motifs is 1. The van der Waals surface area contributed by atoms with Gasteiger partial charge in [-0.3, -0.25) is 0 Å². The Morgan fingerprint density at radius 3 is 2.69 bits per heavy atom. The average molecular weight is 218 g/mol. The first-order valence-electron chi connectivity index (χ1n) is 6.06. The van der Waals surface area contributed by atoms with Crippen LogP contribution in [-0.4, -0.2) is 9.97 Å². The second-order valence-corrected chi connectivity index (χ2v) is 5.21. The maximum Gasteiger partial charge on any atom is 0.134 e. The van der Waals surface area contributed by atoms with Gasteiger partial charge in [-0.25, -0.2) is 9.97 Å². The third kappa shape index (κ3) is 1.48. The van der Waals surface area contributed by atoms with Crippen LogP contribution in [0.5, 0.6) is 0 Å². The van der Waals surface area contributed by atoms with Crippen molar-refractivity contribution in [3.8, 4) is 0 Å². The molecule has 2 aliphatic rings. The van der Waals surface area contributed by atoms with Crippen LogP contribution in [0.3, 0.4) is 0 Å². The molecule has 0 spiro atoms. The van der Waals surface area contributed by atoms with Gasteiger partial charge in [-0.05, 0) is 18.8 Å². The lowest BCUT2D eigenvalue weighted by molar-refractivity contribution is 0.434. The standard InChI is InChI=1S/C12H18N4/c1-6(2)9-10-8(5-14-9)11(13)16-12(15-10)7-3-4-7/h6-7,9,14H,3-5H2,1-2H3,(H2,13,15,16). The number of hydrogen-bond acceptors (Lipinski definition) is 4. The number of rotatable bonds is 2. The van der Waals surface area contributed by atoms with E-state index in [1.807, 2.05) is 0 Å². The van der Waals surface area contributed by atoms with Gasteiger partial charge in [-0.15, -0.1) is 0 Å². The number of nitrogen functional groups attached to an aromatic ring is 1. The molecule has 2 heterocycles. The number of aromatic nitrogens is 2. The summed E-state index contributed by atoms with van der Waals surface area (Å²) in [6.07, 6.45) is 2.44. The highest BCUT2D eigenvalue weighted by Gasteiger charge is 2.33. The Labute approximate surface area is 95.7 Å². The first-order chi connectivity index (χ1) is 7.66. The van der Waals surface area contributed by atoms with E-state index in [1.54, 1.807) is 0 Å². The zero-order valence-corrected chi connectivity index (χ0v) is 9.83. The van der Waals surface area contributed by atoms with Crippen molar-refractivity contribution in [2.75, 3.05) is 5.73 Å². The Morgan fingerprint density at radius 1 is 1.31 bits per heavy atom. The van der Waals surface area contributed by atoms with Crippen molar-refractivity contribution in [2.24, 2.45) is 5.92 Å². The summed E-state index contributed by atoms with van der Waals surface area (Å²) >= 11 is 0. The number of nitrogens with zero attached hydrogens (tertiary/aromatic N) is 2. The SMILES string of the molecule is CC(C)C1NCc2c(N)nc(C3CC3)nc21. The van der Waals surface area contributed by atoms with Crippen LogP contribution in [0.15, 0.2) is 0 Å². The Morgan fingerprint density at radius 2 is 2.06 bits per heavy atom. The zero-order valence-electron chi connectivity index (χ0n) is 9.83. The van der Waals surface area contributed by atoms with Gasteiger partial charge in [-0.1, -0.05) is 13.8 Å². The van der Waals surface area contributed by atoms with Crippen LogP contribution in [0.4, 0.5) is 5.82 Å². The molecule has 1 atom stereocenters. The van der Waals surface area contributed by atoms with E-state index in [2.05, 4.69) is 24.1 Å². The minimum absolute atomic E-state index is 0.345. The zero-order chi connectivity index (χ0) is 11.3. The minimum Gasteiger partial charge on any atom is -0.383 e. The van der Waals surface area contributed by atoms with Crippen LogP contribution in [0, 0.1) is 5.92 Å². The molecule has 0 amide bonds. The number of nitrogens with two attached hydrogens (primary N) is 1. The van der Waals surface area contributed by atoms with Gasteiger partial charge >= 0.3 is 0 Å². The molecule has 86 valence electrons. The molecule has 4 heteroatoms. The Kier molecular flexibility index (Phi) is 2.14. The summed E-state index contributed by atoms with van der Waals surface area (Å²) in [6.45, 7) is 5.23. The molecule has 1 saturated carbocycles. The van der Waals surface area contributed by atoms with Crippen molar-refractivity contribution in [3.63, 3.8) is 0 Å². The van der Waals surface area contributed by atoms with Crippen molar-refractivity contribution in [3.05, 3.63) is 17.1 Å². The van der Waals surface area contributed by atoms with Crippen molar-refractivity contribution >= 4 is 5.82 Å². The summed E-state index contributed by atoms with van der Waals surface area (Å²) < 4.78 is 0. The molecule has 0 bridgehead atoms. The normalized spacial score (nSPS) is 23.8. The highest BCUT2D eigenvalue weighted by Crippen LogP contribution is 2.40. The largest absolute Gasteiger partial charge is 0.383 e. The molecule has 0 radical (unpaired) electrons. The molecular formula is C12H18N4. The lowest BCUT2D eigenvalue weighted by atomic mass is 10.0. The van der Waals surface area contributed by atoms with Gasteiger partial charge in [0.25, 0.3) is 0 Å². The molecule has 3 rings (SSSR count). The number of anilines is 1. The van der Waals surface area contributed by atoms with E-state index < -0.39 is 0 Å². The van der Waals surface area contributed by atoms with Crippen LogP contribution in [-0.2, 0) is 6.54 Å². The fourth-order valence-electron chi connectivity index (χ4n) is 2.36. The second kappa shape index (κ2) is 3.42. The first-order valence-corrected chi connectivity index (χ1v) is 6.06. The predicted molar refractivity (Wildman–Crippen MR) is 62.8 cm³/mol. The highest BCUT2D eigenvalue weighted by molar-refractivity contribution is 5.46. The summed E-state index contributed by atoms with van der Waals surface area (Å²) in [5.74, 6) is 2.76. The van der Waals surface area contributed by atoms with E-state index in [4.69, 9.17) is 10.7 Å². The quantitative estimate of drug-likeness (QED) is 0.793. The van der Waals surface area contributed by atoms with Crippen LogP contribution >= 0.6 is 0 Å². The highest BCUT2D eigenvalue weighted by atomic mass is 15.1. The minimum atomic E-state index is 0.345. The Hall–Kier alpha value is -1.16. The summed E-state index contributed by atoms with van der Waals surface area (Å²) in [7, 11) is 0. The number of nitrogens with one attached hydrogen (secondary N) is 1. The van der Waals surface area contributed by atoms with Crippen LogP contribution in [0.1, 0.15) is 55.7 Å². The monoisotopic (exact) mass is 218 g/mol. The summed E-state index contributed by atoms with van der Waals surface area (Å²) in [5.41, 5.74) is 8.27. The third-order valence-electron chi connectivity index (χ3n) is 3.49. The molecule has 1 fully saturated rings. The van der Waals surface area contributed by atoms with Gasteiger partial charge in [0.15, 0.2) is 0 Å². The molecule has 4 nitrogen and oxygen atoms in total. The van der Waals surface area contributed by atoms with Crippen molar-refractivity contribution < 1.29 is 0 Å². The molecule has 1 aromatic heterocycles. The van der Waals surface area contributed by atoms with Crippen molar-refractivity contribution in [2.45, 2.75) is 45.2 Å². The van der Waals surface area contributed by atoms with E-state index in [9.17, 15) is 0 Å². The fraction of sp³-hybridized carbons (Fsp3) is 0.667. The maximum absolute atomic E-state index is 6.01. The Balaban J connectivity index is 2.05. The molecule has 0 aromatic carbocycles. The third-order valence-corrected chi connectivity index (χ3v) is 3.49. The van der Waals surface area contributed by atoms with Gasteiger partial charge < -0.3 is 11.1 Å². The topological polar surface area (TPSA) is 63.8 Å². The molecule has 3 N–H and O–H groups in total. The van der Waals surface area contributed by atoms with Crippen molar-refractivity contribution in [1.82, 2.24) is 15.3 Å².